The van der Waals surface area contributed by atoms with E-state index in [0.717, 1.165) is 6.54 Å². The van der Waals surface area contributed by atoms with E-state index < -0.39 is 0 Å². The maximum Gasteiger partial charge on any atom is 0.0981 e. The lowest BCUT2D eigenvalue weighted by atomic mass is 9.98. The molecule has 1 atom stereocenters. The summed E-state index contributed by atoms with van der Waals surface area (Å²) in [5.41, 5.74) is 0.147. The van der Waals surface area contributed by atoms with Gasteiger partial charge in [0.05, 0.1) is 5.01 Å². The van der Waals surface area contributed by atoms with Crippen molar-refractivity contribution in [3.05, 3.63) is 38.5 Å². The van der Waals surface area contributed by atoms with Gasteiger partial charge in [-0.3, -0.25) is 0 Å². The average Bonchev–Trinajstić information content (AvgIpc) is 2.97. The van der Waals surface area contributed by atoms with Crippen molar-refractivity contribution < 1.29 is 0 Å². The lowest BCUT2D eigenvalue weighted by molar-refractivity contribution is 0.418. The summed E-state index contributed by atoms with van der Waals surface area (Å²) in [5, 5.41) is 7.05. The maximum absolute atomic E-state index is 4.55. The molecule has 1 N–H and O–H groups in total. The lowest BCUT2D eigenvalue weighted by Crippen LogP contribution is -2.24. The van der Waals surface area contributed by atoms with Crippen LogP contribution in [0.2, 0.25) is 0 Å². The van der Waals surface area contributed by atoms with Crippen molar-refractivity contribution in [2.75, 3.05) is 0 Å². The van der Waals surface area contributed by atoms with E-state index in [4.69, 9.17) is 0 Å². The second-order valence-electron chi connectivity index (χ2n) is 6.50. The van der Waals surface area contributed by atoms with Crippen LogP contribution in [-0.2, 0) is 12.0 Å². The molecule has 0 aliphatic heterocycles. The third-order valence-electron chi connectivity index (χ3n) is 3.21. The van der Waals surface area contributed by atoms with E-state index in [1.165, 1.54) is 14.8 Å². The minimum atomic E-state index is 0.147. The summed E-state index contributed by atoms with van der Waals surface area (Å²) in [6, 6.07) is 4.77. The molecule has 0 fully saturated rings. The van der Waals surface area contributed by atoms with Crippen LogP contribution in [0, 0.1) is 5.92 Å². The van der Waals surface area contributed by atoms with Gasteiger partial charge in [0.2, 0.25) is 0 Å². The molecule has 4 heteroatoms. The Kier molecular flexibility index (Phi) is 4.99. The SMILES string of the molecule is CC(C)C(NCc1cnc(C(C)(C)C)s1)c1cccs1. The van der Waals surface area contributed by atoms with Crippen LogP contribution in [0.1, 0.15) is 55.4 Å². The lowest BCUT2D eigenvalue weighted by Gasteiger charge is -2.20. The first-order valence-corrected chi connectivity index (χ1v) is 8.79. The van der Waals surface area contributed by atoms with E-state index in [2.05, 4.69) is 62.4 Å². The zero-order valence-corrected chi connectivity index (χ0v) is 14.6. The van der Waals surface area contributed by atoms with E-state index in [1.54, 1.807) is 0 Å². The predicted octanol–water partition coefficient (Wildman–Crippen LogP) is 4.99. The monoisotopic (exact) mass is 308 g/mol. The van der Waals surface area contributed by atoms with Crippen molar-refractivity contribution in [3.63, 3.8) is 0 Å². The number of nitrogens with one attached hydrogen (secondary N) is 1. The van der Waals surface area contributed by atoms with Crippen LogP contribution < -0.4 is 5.32 Å². The third-order valence-corrected chi connectivity index (χ3v) is 5.59. The topological polar surface area (TPSA) is 24.9 Å². The van der Waals surface area contributed by atoms with Gasteiger partial charge in [0.15, 0.2) is 0 Å². The fourth-order valence-electron chi connectivity index (χ4n) is 2.08. The fourth-order valence-corrected chi connectivity index (χ4v) is 3.97. The number of hydrogen-bond acceptors (Lipinski definition) is 4. The molecule has 0 bridgehead atoms. The molecule has 0 aliphatic carbocycles. The van der Waals surface area contributed by atoms with Crippen LogP contribution in [0.15, 0.2) is 23.7 Å². The molecule has 2 heterocycles. The van der Waals surface area contributed by atoms with Gasteiger partial charge in [0, 0.05) is 34.0 Å². The van der Waals surface area contributed by atoms with Crippen LogP contribution in [0.3, 0.4) is 0 Å². The van der Waals surface area contributed by atoms with Crippen molar-refractivity contribution in [1.29, 1.82) is 0 Å². The standard InChI is InChI=1S/C16H24N2S2/c1-11(2)14(13-7-6-8-19-13)17-9-12-10-18-15(20-12)16(3,4)5/h6-8,10-11,14,17H,9H2,1-5H3. The van der Waals surface area contributed by atoms with Crippen LogP contribution in [0.5, 0.6) is 0 Å². The Bertz CT molecular complexity index is 521. The summed E-state index contributed by atoms with van der Waals surface area (Å²) in [5.74, 6) is 0.587. The highest BCUT2D eigenvalue weighted by atomic mass is 32.1. The molecule has 2 aromatic heterocycles. The van der Waals surface area contributed by atoms with Gasteiger partial charge in [-0.15, -0.1) is 22.7 Å². The molecule has 0 saturated heterocycles. The van der Waals surface area contributed by atoms with Gasteiger partial charge in [0.25, 0.3) is 0 Å². The Labute approximate surface area is 130 Å². The highest BCUT2D eigenvalue weighted by molar-refractivity contribution is 7.11. The average molecular weight is 309 g/mol. The molecule has 2 aromatic rings. The van der Waals surface area contributed by atoms with Gasteiger partial charge in [-0.2, -0.15) is 0 Å². The van der Waals surface area contributed by atoms with E-state index in [9.17, 15) is 0 Å². The van der Waals surface area contributed by atoms with Crippen molar-refractivity contribution in [2.45, 2.75) is 52.6 Å². The van der Waals surface area contributed by atoms with Gasteiger partial charge in [-0.1, -0.05) is 40.7 Å². The summed E-state index contributed by atoms with van der Waals surface area (Å²) in [6.07, 6.45) is 2.02. The second kappa shape index (κ2) is 6.37. The molecule has 0 spiro atoms. The van der Waals surface area contributed by atoms with Gasteiger partial charge in [0.1, 0.15) is 0 Å². The van der Waals surface area contributed by atoms with Crippen molar-refractivity contribution >= 4 is 22.7 Å². The Hall–Kier alpha value is -0.710. The smallest absolute Gasteiger partial charge is 0.0981 e. The maximum atomic E-state index is 4.55. The normalized spacial score (nSPS) is 13.9. The number of hydrogen-bond donors (Lipinski definition) is 1. The molecule has 0 amide bonds. The molecule has 2 rings (SSSR count). The Morgan fingerprint density at radius 3 is 2.55 bits per heavy atom. The first kappa shape index (κ1) is 15.7. The largest absolute Gasteiger partial charge is 0.304 e. The Morgan fingerprint density at radius 2 is 2.05 bits per heavy atom. The molecular formula is C16H24N2S2. The predicted molar refractivity (Wildman–Crippen MR) is 89.6 cm³/mol. The minimum absolute atomic E-state index is 0.147. The third kappa shape index (κ3) is 3.90. The molecular weight excluding hydrogens is 284 g/mol. The number of rotatable bonds is 5. The zero-order valence-electron chi connectivity index (χ0n) is 12.9. The van der Waals surface area contributed by atoms with Gasteiger partial charge >= 0.3 is 0 Å². The fraction of sp³-hybridized carbons (Fsp3) is 0.562. The van der Waals surface area contributed by atoms with Crippen molar-refractivity contribution in [2.24, 2.45) is 5.92 Å². The zero-order chi connectivity index (χ0) is 14.8. The van der Waals surface area contributed by atoms with Crippen LogP contribution in [-0.4, -0.2) is 4.98 Å². The molecule has 20 heavy (non-hydrogen) atoms. The van der Waals surface area contributed by atoms with Crippen molar-refractivity contribution in [1.82, 2.24) is 10.3 Å². The molecule has 110 valence electrons. The molecule has 0 aromatic carbocycles. The first-order chi connectivity index (χ1) is 9.38. The molecule has 0 aliphatic rings. The summed E-state index contributed by atoms with van der Waals surface area (Å²) in [7, 11) is 0. The summed E-state index contributed by atoms with van der Waals surface area (Å²) >= 11 is 3.65. The second-order valence-corrected chi connectivity index (χ2v) is 8.59. The van der Waals surface area contributed by atoms with Crippen LogP contribution in [0.25, 0.3) is 0 Å². The van der Waals surface area contributed by atoms with Gasteiger partial charge < -0.3 is 5.32 Å². The molecule has 0 radical (unpaired) electrons. The van der Waals surface area contributed by atoms with Crippen LogP contribution in [0.4, 0.5) is 0 Å². The first-order valence-electron chi connectivity index (χ1n) is 7.10. The van der Waals surface area contributed by atoms with Gasteiger partial charge in [-0.05, 0) is 17.4 Å². The van der Waals surface area contributed by atoms with E-state index >= 15 is 0 Å². The Morgan fingerprint density at radius 1 is 1.30 bits per heavy atom. The van der Waals surface area contributed by atoms with Crippen LogP contribution >= 0.6 is 22.7 Å². The van der Waals surface area contributed by atoms with E-state index in [1.807, 2.05) is 28.9 Å². The number of nitrogens with zero attached hydrogens (tertiary/aromatic N) is 1. The van der Waals surface area contributed by atoms with E-state index in [-0.39, 0.29) is 5.41 Å². The Balaban J connectivity index is 2.01. The highest BCUT2D eigenvalue weighted by Gasteiger charge is 2.19. The van der Waals surface area contributed by atoms with Gasteiger partial charge in [-0.25, -0.2) is 4.98 Å². The van der Waals surface area contributed by atoms with Crippen molar-refractivity contribution in [3.8, 4) is 0 Å². The molecule has 0 saturated carbocycles. The highest BCUT2D eigenvalue weighted by Crippen LogP contribution is 2.29. The summed E-state index contributed by atoms with van der Waals surface area (Å²) in [6.45, 7) is 12.1. The number of thiazole rings is 1. The quantitative estimate of drug-likeness (QED) is 0.841. The minimum Gasteiger partial charge on any atom is -0.304 e. The molecule has 1 unspecified atom stereocenters. The van der Waals surface area contributed by atoms with E-state index in [0.29, 0.717) is 12.0 Å². The molecule has 2 nitrogen and oxygen atoms in total. The number of thiophene rings is 1. The summed E-state index contributed by atoms with van der Waals surface area (Å²) < 4.78 is 0. The number of aromatic nitrogens is 1. The summed E-state index contributed by atoms with van der Waals surface area (Å²) in [4.78, 5) is 7.29.